The summed E-state index contributed by atoms with van der Waals surface area (Å²) < 4.78 is 4.71. The molecule has 86 valence electrons. The van der Waals surface area contributed by atoms with E-state index in [1.807, 2.05) is 0 Å². The van der Waals surface area contributed by atoms with Crippen LogP contribution < -0.4 is 5.32 Å². The maximum Gasteiger partial charge on any atom is 0.217 e. The van der Waals surface area contributed by atoms with Crippen LogP contribution in [0.5, 0.6) is 0 Å². The number of Topliss-reactive ketones (excluding diaryl/α,β-unsaturated/α-hetero) is 1. The zero-order valence-electron chi connectivity index (χ0n) is 8.08. The van der Waals surface area contributed by atoms with E-state index in [4.69, 9.17) is 9.84 Å². The minimum Gasteiger partial charge on any atom is -0.393 e. The van der Waals surface area contributed by atoms with Gasteiger partial charge in [0, 0.05) is 6.92 Å². The summed E-state index contributed by atoms with van der Waals surface area (Å²) in [7, 11) is 0. The molecule has 1 heterocycles. The van der Waals surface area contributed by atoms with Crippen LogP contribution in [0.25, 0.3) is 0 Å². The van der Waals surface area contributed by atoms with Crippen molar-refractivity contribution in [1.82, 2.24) is 5.32 Å². The molecule has 7 heteroatoms. The topological polar surface area (TPSA) is 116 Å². The molecule has 0 saturated carbocycles. The average molecular weight is 219 g/mol. The Morgan fingerprint density at radius 1 is 1.53 bits per heavy atom. The number of carbonyl (C=O) groups is 2. The predicted molar refractivity (Wildman–Crippen MR) is 46.6 cm³/mol. The van der Waals surface area contributed by atoms with E-state index in [0.717, 1.165) is 0 Å². The number of hydrogen-bond donors (Lipinski definition) is 4. The highest BCUT2D eigenvalue weighted by atomic mass is 16.6. The van der Waals surface area contributed by atoms with Crippen molar-refractivity contribution in [3.05, 3.63) is 0 Å². The van der Waals surface area contributed by atoms with Crippen molar-refractivity contribution in [2.75, 3.05) is 6.61 Å². The molecule has 0 bridgehead atoms. The number of aliphatic hydroxyl groups excluding tert-OH is 3. The number of amides is 1. The molecule has 0 aromatic carbocycles. The van der Waals surface area contributed by atoms with Crippen molar-refractivity contribution in [2.45, 2.75) is 31.5 Å². The summed E-state index contributed by atoms with van der Waals surface area (Å²) in [5, 5.41) is 29.7. The number of ketones is 1. The normalized spacial score (nSPS) is 36.4. The maximum absolute atomic E-state index is 11.3. The third kappa shape index (κ3) is 2.51. The first-order valence-electron chi connectivity index (χ1n) is 4.40. The second-order valence-corrected chi connectivity index (χ2v) is 3.27. The Kier molecular flexibility index (Phi) is 3.75. The van der Waals surface area contributed by atoms with Crippen LogP contribution in [0, 0.1) is 0 Å². The summed E-state index contributed by atoms with van der Waals surface area (Å²) in [5.41, 5.74) is 0. The molecule has 4 N–H and O–H groups in total. The Labute approximate surface area is 85.7 Å². The van der Waals surface area contributed by atoms with Gasteiger partial charge in [-0.25, -0.2) is 0 Å². The van der Waals surface area contributed by atoms with E-state index in [1.165, 1.54) is 6.92 Å². The molecule has 0 radical (unpaired) electrons. The third-order valence-electron chi connectivity index (χ3n) is 2.10. The van der Waals surface area contributed by atoms with Crippen LogP contribution in [0.15, 0.2) is 0 Å². The van der Waals surface area contributed by atoms with Crippen molar-refractivity contribution < 1.29 is 29.6 Å². The molecule has 1 amide bonds. The molecule has 1 saturated heterocycles. The standard InChI is InChI=1S/C8H13NO6/c1-3(11)9-5-7(13)6(12)4(2-10)15-8(5)14/h4-5,7-8,10,13-14H,2H2,1H3,(H,9,11)/t4-,5-,7-,8-/m1/s1. The van der Waals surface area contributed by atoms with Crippen molar-refractivity contribution in [1.29, 1.82) is 0 Å². The van der Waals surface area contributed by atoms with Gasteiger partial charge in [-0.1, -0.05) is 0 Å². The van der Waals surface area contributed by atoms with Gasteiger partial charge in [0.15, 0.2) is 12.1 Å². The molecule has 0 aromatic rings. The lowest BCUT2D eigenvalue weighted by molar-refractivity contribution is -0.210. The number of nitrogens with one attached hydrogen (secondary N) is 1. The Balaban J connectivity index is 2.74. The van der Waals surface area contributed by atoms with E-state index in [0.29, 0.717) is 0 Å². The molecule has 1 rings (SSSR count). The molecule has 0 aromatic heterocycles. The predicted octanol–water partition coefficient (Wildman–Crippen LogP) is -2.87. The van der Waals surface area contributed by atoms with Gasteiger partial charge in [-0.2, -0.15) is 0 Å². The lowest BCUT2D eigenvalue weighted by Crippen LogP contribution is -2.62. The minimum absolute atomic E-state index is 0.503. The Hall–Kier alpha value is -1.02. The molecule has 0 spiro atoms. The Morgan fingerprint density at radius 2 is 2.13 bits per heavy atom. The van der Waals surface area contributed by atoms with Gasteiger partial charge in [-0.05, 0) is 0 Å². The molecule has 0 aliphatic carbocycles. The van der Waals surface area contributed by atoms with Crippen LogP contribution in [0.3, 0.4) is 0 Å². The maximum atomic E-state index is 11.3. The van der Waals surface area contributed by atoms with E-state index >= 15 is 0 Å². The molecular formula is C8H13NO6. The Bertz CT molecular complexity index is 268. The highest BCUT2D eigenvalue weighted by Crippen LogP contribution is 2.15. The molecular weight excluding hydrogens is 206 g/mol. The van der Waals surface area contributed by atoms with Crippen molar-refractivity contribution in [3.63, 3.8) is 0 Å². The highest BCUT2D eigenvalue weighted by molar-refractivity contribution is 5.89. The number of carbonyl (C=O) groups excluding carboxylic acids is 2. The molecule has 1 fully saturated rings. The minimum atomic E-state index is -1.57. The summed E-state index contributed by atoms with van der Waals surface area (Å²) in [6.45, 7) is 0.557. The van der Waals surface area contributed by atoms with Gasteiger partial charge in [0.1, 0.15) is 18.2 Å². The van der Waals surface area contributed by atoms with Crippen molar-refractivity contribution >= 4 is 11.7 Å². The van der Waals surface area contributed by atoms with E-state index in [2.05, 4.69) is 5.32 Å². The number of ether oxygens (including phenoxy) is 1. The van der Waals surface area contributed by atoms with E-state index in [1.54, 1.807) is 0 Å². The van der Waals surface area contributed by atoms with Crippen LogP contribution in [0.2, 0.25) is 0 Å². The second-order valence-electron chi connectivity index (χ2n) is 3.27. The highest BCUT2D eigenvalue weighted by Gasteiger charge is 2.43. The molecule has 1 aliphatic heterocycles. The smallest absolute Gasteiger partial charge is 0.217 e. The fourth-order valence-corrected chi connectivity index (χ4v) is 1.36. The second kappa shape index (κ2) is 4.67. The first kappa shape index (κ1) is 12.1. The van der Waals surface area contributed by atoms with Crippen LogP contribution >= 0.6 is 0 Å². The summed E-state index contributed by atoms with van der Waals surface area (Å²) in [4.78, 5) is 22.0. The fourth-order valence-electron chi connectivity index (χ4n) is 1.36. The number of hydrogen-bond acceptors (Lipinski definition) is 6. The molecule has 7 nitrogen and oxygen atoms in total. The summed E-state index contributed by atoms with van der Waals surface area (Å²) in [6, 6.07) is -1.20. The first-order chi connectivity index (χ1) is 6.97. The number of aliphatic hydroxyl groups is 3. The van der Waals surface area contributed by atoms with Gasteiger partial charge in [-0.15, -0.1) is 0 Å². The molecule has 1 aliphatic rings. The van der Waals surface area contributed by atoms with Crippen molar-refractivity contribution in [3.8, 4) is 0 Å². The number of rotatable bonds is 2. The van der Waals surface area contributed by atoms with Gasteiger partial charge in [-0.3, -0.25) is 9.59 Å². The zero-order valence-corrected chi connectivity index (χ0v) is 8.08. The summed E-state index contributed by atoms with van der Waals surface area (Å²) >= 11 is 0. The lowest BCUT2D eigenvalue weighted by Gasteiger charge is -2.35. The monoisotopic (exact) mass is 219 g/mol. The van der Waals surface area contributed by atoms with Crippen molar-refractivity contribution in [2.24, 2.45) is 0 Å². The van der Waals surface area contributed by atoms with Crippen LogP contribution in [0.4, 0.5) is 0 Å². The van der Waals surface area contributed by atoms with E-state index in [-0.39, 0.29) is 0 Å². The van der Waals surface area contributed by atoms with Gasteiger partial charge in [0.2, 0.25) is 5.91 Å². The lowest BCUT2D eigenvalue weighted by atomic mass is 9.99. The van der Waals surface area contributed by atoms with Crippen LogP contribution in [-0.2, 0) is 14.3 Å². The summed E-state index contributed by atoms with van der Waals surface area (Å²) in [5.74, 6) is -1.27. The van der Waals surface area contributed by atoms with E-state index in [9.17, 15) is 19.8 Å². The largest absolute Gasteiger partial charge is 0.393 e. The third-order valence-corrected chi connectivity index (χ3v) is 2.10. The fraction of sp³-hybridized carbons (Fsp3) is 0.750. The molecule has 4 atom stereocenters. The quantitative estimate of drug-likeness (QED) is 0.397. The van der Waals surface area contributed by atoms with E-state index < -0.39 is 42.8 Å². The average Bonchev–Trinajstić information content (AvgIpc) is 2.18. The zero-order chi connectivity index (χ0) is 11.6. The SMILES string of the molecule is CC(=O)N[C@H]1[C@H](O)O[C@H](CO)C(=O)[C@@H]1O. The van der Waals surface area contributed by atoms with Gasteiger partial charge in [0.05, 0.1) is 6.61 Å². The summed E-state index contributed by atoms with van der Waals surface area (Å²) in [6.07, 6.45) is -4.34. The van der Waals surface area contributed by atoms with Crippen LogP contribution in [-0.4, -0.2) is 58.2 Å². The Morgan fingerprint density at radius 3 is 2.60 bits per heavy atom. The van der Waals surface area contributed by atoms with Crippen LogP contribution in [0.1, 0.15) is 6.92 Å². The van der Waals surface area contributed by atoms with Gasteiger partial charge < -0.3 is 25.4 Å². The first-order valence-corrected chi connectivity index (χ1v) is 4.40. The van der Waals surface area contributed by atoms with Gasteiger partial charge in [0.25, 0.3) is 0 Å². The molecule has 15 heavy (non-hydrogen) atoms. The molecule has 0 unspecified atom stereocenters. The van der Waals surface area contributed by atoms with Gasteiger partial charge >= 0.3 is 0 Å².